The summed E-state index contributed by atoms with van der Waals surface area (Å²) in [6.45, 7) is 9.12. The van der Waals surface area contributed by atoms with Crippen LogP contribution in [0.15, 0.2) is 0 Å². The smallest absolute Gasteiger partial charge is 0.662 e. The van der Waals surface area contributed by atoms with E-state index < -0.39 is 0 Å². The van der Waals surface area contributed by atoms with E-state index in [1.165, 1.54) is 77.5 Å². The van der Waals surface area contributed by atoms with Gasteiger partial charge in [0.15, 0.2) is 0 Å². The zero-order chi connectivity index (χ0) is 14.1. The maximum absolute atomic E-state index is 4.60. The molecule has 0 saturated carbocycles. The van der Waals surface area contributed by atoms with Crippen LogP contribution in [-0.4, -0.2) is 52.4 Å². The Morgan fingerprint density at radius 3 is 0.960 bits per heavy atom. The number of nitrogens with one attached hydrogen (secondary N) is 3. The van der Waals surface area contributed by atoms with E-state index >= 15 is 0 Å². The van der Waals surface area contributed by atoms with Gasteiger partial charge < -0.3 is 36.1 Å². The van der Waals surface area contributed by atoms with Crippen molar-refractivity contribution in [3.63, 3.8) is 0 Å². The summed E-state index contributed by atoms with van der Waals surface area (Å²) in [5.74, 6) is 0. The maximum Gasteiger partial charge on any atom is 3.00 e. The number of nitrogens with zero attached hydrogens (tertiary/aromatic N) is 1. The monoisotopic (exact) mass is 433 g/mol. The summed E-state index contributed by atoms with van der Waals surface area (Å²) < 4.78 is 0. The van der Waals surface area contributed by atoms with Crippen molar-refractivity contribution in [2.24, 2.45) is 0 Å². The third-order valence-electron chi connectivity index (χ3n) is 3.75. The maximum atomic E-state index is 4.60. The Kier molecular flexibility index (Phi) is 48.5. The Morgan fingerprint density at radius 2 is 0.680 bits per heavy atom. The van der Waals surface area contributed by atoms with Crippen molar-refractivity contribution < 1.29 is 21.7 Å². The minimum atomic E-state index is 0. The minimum Gasteiger partial charge on any atom is -0.662 e. The van der Waals surface area contributed by atoms with E-state index in [1.54, 1.807) is 0 Å². The molecular formula is C18H43Cl2N4Ti. The first-order valence-corrected chi connectivity index (χ1v) is 8.75. The first-order valence-electron chi connectivity index (χ1n) is 8.75. The van der Waals surface area contributed by atoms with E-state index in [0.717, 1.165) is 26.2 Å². The molecule has 153 valence electrons. The SMILES string of the molecule is C1CCNCCCCNCCCCNCCCC[N-]C1.Cl.Cl.[CH3-].[CH3-].[Ti+3]. The van der Waals surface area contributed by atoms with Crippen molar-refractivity contribution in [1.82, 2.24) is 16.0 Å². The fraction of sp³-hybridized carbons (Fsp3) is 0.889. The summed E-state index contributed by atoms with van der Waals surface area (Å²) >= 11 is 0. The molecule has 1 fully saturated rings. The fourth-order valence-electron chi connectivity index (χ4n) is 2.43. The molecule has 0 bridgehead atoms. The van der Waals surface area contributed by atoms with E-state index in [1.807, 2.05) is 0 Å². The van der Waals surface area contributed by atoms with Gasteiger partial charge in [-0.3, -0.25) is 0 Å². The Morgan fingerprint density at radius 1 is 0.440 bits per heavy atom. The van der Waals surface area contributed by atoms with Gasteiger partial charge in [0.25, 0.3) is 0 Å². The second-order valence-corrected chi connectivity index (χ2v) is 5.75. The molecule has 1 heterocycles. The average molecular weight is 434 g/mol. The molecule has 0 spiro atoms. The largest absolute Gasteiger partial charge is 3.00 e. The molecular weight excluding hydrogens is 391 g/mol. The topological polar surface area (TPSA) is 50.2 Å². The molecule has 7 heteroatoms. The summed E-state index contributed by atoms with van der Waals surface area (Å²) in [6, 6.07) is 0. The van der Waals surface area contributed by atoms with Crippen molar-refractivity contribution in [3.8, 4) is 0 Å². The second-order valence-electron chi connectivity index (χ2n) is 5.75. The van der Waals surface area contributed by atoms with Crippen molar-refractivity contribution in [3.05, 3.63) is 20.2 Å². The standard InChI is InChI=1S/C16H35N4.2CH3.2ClH.Ti/c1-2-10-18-12-5-6-14-20-16-8-7-15-19-13-4-3-11-17-9-1;;;;;/h17-19H,1-16H2;2*1H3;2*1H;/q3*-1;;;+3. The van der Waals surface area contributed by atoms with Crippen LogP contribution in [0.4, 0.5) is 0 Å². The van der Waals surface area contributed by atoms with Gasteiger partial charge in [0.1, 0.15) is 0 Å². The molecule has 25 heavy (non-hydrogen) atoms. The third kappa shape index (κ3) is 30.1. The van der Waals surface area contributed by atoms with Crippen LogP contribution in [0.25, 0.3) is 5.32 Å². The first kappa shape index (κ1) is 37.0. The summed E-state index contributed by atoms with van der Waals surface area (Å²) in [5.41, 5.74) is 0. The van der Waals surface area contributed by atoms with Crippen LogP contribution in [-0.2, 0) is 21.7 Å². The van der Waals surface area contributed by atoms with Gasteiger partial charge in [0.2, 0.25) is 0 Å². The fourth-order valence-corrected chi connectivity index (χ4v) is 2.43. The van der Waals surface area contributed by atoms with Gasteiger partial charge >= 0.3 is 21.7 Å². The molecule has 1 aliphatic rings. The van der Waals surface area contributed by atoms with Gasteiger partial charge in [-0.2, -0.15) is 0 Å². The first-order chi connectivity index (χ1) is 10.0. The predicted molar refractivity (Wildman–Crippen MR) is 116 cm³/mol. The zero-order valence-electron chi connectivity index (χ0n) is 16.6. The Hall–Kier alpha value is 1.13. The van der Waals surface area contributed by atoms with Crippen molar-refractivity contribution in [2.45, 2.75) is 51.4 Å². The van der Waals surface area contributed by atoms with E-state index in [2.05, 4.69) is 21.3 Å². The molecule has 1 aliphatic heterocycles. The van der Waals surface area contributed by atoms with E-state index in [4.69, 9.17) is 0 Å². The van der Waals surface area contributed by atoms with Gasteiger partial charge in [-0.1, -0.05) is 12.8 Å². The molecule has 0 aromatic carbocycles. The van der Waals surface area contributed by atoms with E-state index in [0.29, 0.717) is 0 Å². The molecule has 3 N–H and O–H groups in total. The van der Waals surface area contributed by atoms with Crippen LogP contribution < -0.4 is 16.0 Å². The second kappa shape index (κ2) is 32.8. The quantitative estimate of drug-likeness (QED) is 0.399. The van der Waals surface area contributed by atoms with Gasteiger partial charge in [0.05, 0.1) is 0 Å². The summed E-state index contributed by atoms with van der Waals surface area (Å²) in [4.78, 5) is 0. The molecule has 0 aliphatic carbocycles. The van der Waals surface area contributed by atoms with Gasteiger partial charge in [-0.15, -0.1) is 37.9 Å². The normalized spacial score (nSPS) is 19.2. The molecule has 0 aromatic heterocycles. The number of hydrogen-bond acceptors (Lipinski definition) is 3. The molecule has 4 nitrogen and oxygen atoms in total. The number of hydrogen-bond donors (Lipinski definition) is 3. The molecule has 1 rings (SSSR count). The molecule has 0 aromatic rings. The van der Waals surface area contributed by atoms with Gasteiger partial charge in [0, 0.05) is 0 Å². The van der Waals surface area contributed by atoms with Crippen LogP contribution in [0.1, 0.15) is 51.4 Å². The Bertz CT molecular complexity index is 117. The van der Waals surface area contributed by atoms with E-state index in [-0.39, 0.29) is 61.4 Å². The predicted octanol–water partition coefficient (Wildman–Crippen LogP) is 4.00. The molecule has 1 saturated heterocycles. The van der Waals surface area contributed by atoms with Crippen LogP contribution in [0.2, 0.25) is 0 Å². The van der Waals surface area contributed by atoms with E-state index in [9.17, 15) is 0 Å². The molecule has 1 radical (unpaired) electrons. The Balaban J connectivity index is -0.000000267. The number of rotatable bonds is 0. The van der Waals surface area contributed by atoms with Gasteiger partial charge in [-0.05, 0) is 77.8 Å². The van der Waals surface area contributed by atoms with Crippen molar-refractivity contribution in [1.29, 1.82) is 0 Å². The molecule has 0 atom stereocenters. The summed E-state index contributed by atoms with van der Waals surface area (Å²) in [5, 5.41) is 15.2. The van der Waals surface area contributed by atoms with Crippen molar-refractivity contribution in [2.75, 3.05) is 52.4 Å². The van der Waals surface area contributed by atoms with Crippen LogP contribution in [0.3, 0.4) is 0 Å². The average Bonchev–Trinajstić information content (AvgIpc) is 2.46. The molecule has 0 unspecified atom stereocenters. The van der Waals surface area contributed by atoms with Crippen LogP contribution >= 0.6 is 24.8 Å². The zero-order valence-corrected chi connectivity index (χ0v) is 19.8. The van der Waals surface area contributed by atoms with Gasteiger partial charge in [-0.25, -0.2) is 0 Å². The third-order valence-corrected chi connectivity index (χ3v) is 3.75. The van der Waals surface area contributed by atoms with Crippen molar-refractivity contribution >= 4 is 24.8 Å². The molecule has 0 amide bonds. The minimum absolute atomic E-state index is 0. The summed E-state index contributed by atoms with van der Waals surface area (Å²) in [6.07, 6.45) is 10.2. The number of halogens is 2. The van der Waals surface area contributed by atoms with Crippen LogP contribution in [0.5, 0.6) is 0 Å². The Labute approximate surface area is 185 Å². The van der Waals surface area contributed by atoms with Crippen LogP contribution in [0, 0.1) is 14.9 Å². The summed E-state index contributed by atoms with van der Waals surface area (Å²) in [7, 11) is 0.